The van der Waals surface area contributed by atoms with Crippen LogP contribution in [-0.2, 0) is 0 Å². The third-order valence-electron chi connectivity index (χ3n) is 2.44. The molecular formula is C13H12N4O2. The Morgan fingerprint density at radius 2 is 2.00 bits per heavy atom. The molecule has 0 bridgehead atoms. The minimum absolute atomic E-state index is 0.267. The van der Waals surface area contributed by atoms with Crippen molar-refractivity contribution in [2.75, 3.05) is 19.5 Å². The van der Waals surface area contributed by atoms with E-state index in [-0.39, 0.29) is 5.69 Å². The Kier molecular flexibility index (Phi) is 3.78. The molecule has 0 saturated carbocycles. The highest BCUT2D eigenvalue weighted by Crippen LogP contribution is 2.30. The van der Waals surface area contributed by atoms with Gasteiger partial charge in [-0.25, -0.2) is 9.97 Å². The zero-order chi connectivity index (χ0) is 13.7. The van der Waals surface area contributed by atoms with Gasteiger partial charge in [-0.05, 0) is 12.1 Å². The minimum atomic E-state index is 0.267. The number of ether oxygens (including phenoxy) is 2. The van der Waals surface area contributed by atoms with E-state index in [4.69, 9.17) is 14.7 Å². The highest BCUT2D eigenvalue weighted by molar-refractivity contribution is 5.65. The molecule has 2 aromatic rings. The molecule has 0 unspecified atom stereocenters. The van der Waals surface area contributed by atoms with Gasteiger partial charge in [0.1, 0.15) is 23.4 Å². The second-order valence-corrected chi connectivity index (χ2v) is 3.59. The number of aromatic nitrogens is 2. The lowest BCUT2D eigenvalue weighted by molar-refractivity contribution is 0.405. The Morgan fingerprint density at radius 3 is 2.58 bits per heavy atom. The van der Waals surface area contributed by atoms with Gasteiger partial charge < -0.3 is 14.8 Å². The fourth-order valence-electron chi connectivity index (χ4n) is 1.50. The van der Waals surface area contributed by atoms with Crippen molar-refractivity contribution in [1.29, 1.82) is 5.26 Å². The first-order valence-electron chi connectivity index (χ1n) is 5.48. The van der Waals surface area contributed by atoms with Crippen LogP contribution >= 0.6 is 0 Å². The number of nitriles is 1. The van der Waals surface area contributed by atoms with Crippen LogP contribution in [0.5, 0.6) is 11.5 Å². The van der Waals surface area contributed by atoms with Crippen molar-refractivity contribution < 1.29 is 9.47 Å². The summed E-state index contributed by atoms with van der Waals surface area (Å²) >= 11 is 0. The van der Waals surface area contributed by atoms with E-state index in [1.165, 1.54) is 12.4 Å². The maximum Gasteiger partial charge on any atom is 0.158 e. The van der Waals surface area contributed by atoms with Crippen LogP contribution in [0.15, 0.2) is 30.6 Å². The number of rotatable bonds is 4. The van der Waals surface area contributed by atoms with Crippen molar-refractivity contribution in [1.82, 2.24) is 9.97 Å². The molecule has 0 fully saturated rings. The first-order chi connectivity index (χ1) is 9.26. The van der Waals surface area contributed by atoms with Crippen molar-refractivity contribution in [3.63, 3.8) is 0 Å². The highest BCUT2D eigenvalue weighted by Gasteiger charge is 2.06. The maximum absolute atomic E-state index is 8.66. The van der Waals surface area contributed by atoms with Gasteiger partial charge in [0.2, 0.25) is 0 Å². The summed E-state index contributed by atoms with van der Waals surface area (Å²) in [5.41, 5.74) is 0.976. The van der Waals surface area contributed by atoms with E-state index in [0.717, 1.165) is 0 Å². The van der Waals surface area contributed by atoms with Crippen LogP contribution in [0.4, 0.5) is 11.5 Å². The van der Waals surface area contributed by atoms with E-state index in [0.29, 0.717) is 23.0 Å². The maximum atomic E-state index is 8.66. The molecule has 6 heteroatoms. The quantitative estimate of drug-likeness (QED) is 0.902. The Morgan fingerprint density at radius 1 is 1.16 bits per heavy atom. The van der Waals surface area contributed by atoms with E-state index in [2.05, 4.69) is 15.3 Å². The van der Waals surface area contributed by atoms with E-state index < -0.39 is 0 Å². The van der Waals surface area contributed by atoms with Gasteiger partial charge in [0, 0.05) is 6.07 Å². The summed E-state index contributed by atoms with van der Waals surface area (Å²) in [7, 11) is 3.17. The topological polar surface area (TPSA) is 80.1 Å². The van der Waals surface area contributed by atoms with Crippen LogP contribution in [0.25, 0.3) is 0 Å². The number of hydrogen-bond donors (Lipinski definition) is 1. The van der Waals surface area contributed by atoms with Crippen molar-refractivity contribution >= 4 is 11.5 Å². The molecule has 0 aliphatic heterocycles. The van der Waals surface area contributed by atoms with Gasteiger partial charge in [-0.1, -0.05) is 0 Å². The summed E-state index contributed by atoms with van der Waals surface area (Å²) in [6, 6.07) is 7.29. The van der Waals surface area contributed by atoms with Crippen molar-refractivity contribution in [2.45, 2.75) is 0 Å². The molecule has 0 aliphatic carbocycles. The minimum Gasteiger partial charge on any atom is -0.497 e. The molecule has 19 heavy (non-hydrogen) atoms. The molecule has 2 rings (SSSR count). The fourth-order valence-corrected chi connectivity index (χ4v) is 1.50. The van der Waals surface area contributed by atoms with Gasteiger partial charge in [-0.3, -0.25) is 0 Å². The van der Waals surface area contributed by atoms with Crippen molar-refractivity contribution in [3.8, 4) is 17.6 Å². The summed E-state index contributed by atoms with van der Waals surface area (Å²) < 4.78 is 10.4. The average Bonchev–Trinajstić information content (AvgIpc) is 2.48. The van der Waals surface area contributed by atoms with Crippen LogP contribution in [0.2, 0.25) is 0 Å². The highest BCUT2D eigenvalue weighted by atomic mass is 16.5. The van der Waals surface area contributed by atoms with E-state index in [1.807, 2.05) is 6.07 Å². The molecule has 0 amide bonds. The third kappa shape index (κ3) is 2.90. The number of nitrogens with one attached hydrogen (secondary N) is 1. The summed E-state index contributed by atoms with van der Waals surface area (Å²) in [4.78, 5) is 8.02. The Hall–Kier alpha value is -2.81. The van der Waals surface area contributed by atoms with Gasteiger partial charge in [-0.15, -0.1) is 0 Å². The Labute approximate surface area is 110 Å². The fraction of sp³-hybridized carbons (Fsp3) is 0.154. The molecule has 0 atom stereocenters. The third-order valence-corrected chi connectivity index (χ3v) is 2.44. The first-order valence-corrected chi connectivity index (χ1v) is 5.48. The van der Waals surface area contributed by atoms with Gasteiger partial charge >= 0.3 is 0 Å². The lowest BCUT2D eigenvalue weighted by atomic mass is 10.2. The van der Waals surface area contributed by atoms with Crippen molar-refractivity contribution in [2.24, 2.45) is 0 Å². The zero-order valence-corrected chi connectivity index (χ0v) is 10.5. The van der Waals surface area contributed by atoms with E-state index >= 15 is 0 Å². The average molecular weight is 256 g/mol. The van der Waals surface area contributed by atoms with Gasteiger partial charge in [0.05, 0.1) is 32.3 Å². The van der Waals surface area contributed by atoms with Gasteiger partial charge in [0.15, 0.2) is 5.69 Å². The van der Waals surface area contributed by atoms with Crippen LogP contribution in [0, 0.1) is 11.3 Å². The van der Waals surface area contributed by atoms with Crippen LogP contribution in [0.3, 0.4) is 0 Å². The Balaban J connectivity index is 2.28. The molecule has 0 spiro atoms. The molecule has 0 saturated heterocycles. The molecule has 1 N–H and O–H groups in total. The predicted octanol–water partition coefficient (Wildman–Crippen LogP) is 2.11. The molecule has 0 radical (unpaired) electrons. The second-order valence-electron chi connectivity index (χ2n) is 3.59. The van der Waals surface area contributed by atoms with Crippen LogP contribution in [0.1, 0.15) is 5.69 Å². The number of benzene rings is 1. The Bertz CT molecular complexity index is 605. The number of hydrogen-bond acceptors (Lipinski definition) is 6. The summed E-state index contributed by atoms with van der Waals surface area (Å²) in [6.45, 7) is 0. The monoisotopic (exact) mass is 256 g/mol. The smallest absolute Gasteiger partial charge is 0.158 e. The number of anilines is 2. The largest absolute Gasteiger partial charge is 0.497 e. The normalized spacial score (nSPS) is 9.53. The lowest BCUT2D eigenvalue weighted by Gasteiger charge is -2.11. The second kappa shape index (κ2) is 5.69. The van der Waals surface area contributed by atoms with Gasteiger partial charge in [-0.2, -0.15) is 5.26 Å². The summed E-state index contributed by atoms with van der Waals surface area (Å²) in [5, 5.41) is 11.7. The van der Waals surface area contributed by atoms with E-state index in [1.54, 1.807) is 32.4 Å². The molecule has 0 aliphatic rings. The lowest BCUT2D eigenvalue weighted by Crippen LogP contribution is -1.98. The number of methoxy groups -OCH3 is 2. The van der Waals surface area contributed by atoms with Crippen LogP contribution in [-0.4, -0.2) is 24.2 Å². The van der Waals surface area contributed by atoms with E-state index in [9.17, 15) is 0 Å². The molecule has 1 aromatic carbocycles. The molecule has 6 nitrogen and oxygen atoms in total. The van der Waals surface area contributed by atoms with Gasteiger partial charge in [0.25, 0.3) is 0 Å². The summed E-state index contributed by atoms with van der Waals surface area (Å²) in [5.74, 6) is 1.88. The molecule has 96 valence electrons. The SMILES string of the molecule is COc1ccc(OC)c(Nc2cnc(C#N)cn2)c1. The zero-order valence-electron chi connectivity index (χ0n) is 10.5. The number of nitrogens with zero attached hydrogens (tertiary/aromatic N) is 3. The van der Waals surface area contributed by atoms with Crippen LogP contribution < -0.4 is 14.8 Å². The van der Waals surface area contributed by atoms with Crippen molar-refractivity contribution in [3.05, 3.63) is 36.3 Å². The molecule has 1 aromatic heterocycles. The predicted molar refractivity (Wildman–Crippen MR) is 69.6 cm³/mol. The molecular weight excluding hydrogens is 244 g/mol. The standard InChI is InChI=1S/C13H12N4O2/c1-18-10-3-4-12(19-2)11(5-10)17-13-8-15-9(6-14)7-16-13/h3-5,7-8H,1-2H3,(H,16,17). The summed E-state index contributed by atoms with van der Waals surface area (Å²) in [6.07, 6.45) is 2.88. The first kappa shape index (κ1) is 12.6. The molecule has 1 heterocycles.